The van der Waals surface area contributed by atoms with Crippen LogP contribution in [0.2, 0.25) is 0 Å². The van der Waals surface area contributed by atoms with E-state index in [1.807, 2.05) is 12.1 Å². The lowest BCUT2D eigenvalue weighted by atomic mass is 9.74. The van der Waals surface area contributed by atoms with Crippen molar-refractivity contribution in [1.82, 2.24) is 10.2 Å². The van der Waals surface area contributed by atoms with Crippen molar-refractivity contribution in [3.63, 3.8) is 0 Å². The third kappa shape index (κ3) is 3.82. The summed E-state index contributed by atoms with van der Waals surface area (Å²) < 4.78 is 0. The first kappa shape index (κ1) is 16.2. The molecule has 3 saturated heterocycles. The van der Waals surface area contributed by atoms with E-state index < -0.39 is 0 Å². The van der Waals surface area contributed by atoms with Crippen molar-refractivity contribution in [2.45, 2.75) is 32.2 Å². The maximum absolute atomic E-state index is 8.81. The number of fused-ring (bicyclic) bond motifs is 3. The second-order valence-electron chi connectivity index (χ2n) is 6.63. The molecule has 1 aromatic rings. The molecule has 0 aromatic heterocycles. The minimum absolute atomic E-state index is 0.609. The smallest absolute Gasteiger partial charge is 0.170 e. The third-order valence-electron chi connectivity index (χ3n) is 5.31. The van der Waals surface area contributed by atoms with Crippen molar-refractivity contribution >= 4 is 23.0 Å². The van der Waals surface area contributed by atoms with Crippen molar-refractivity contribution in [3.05, 3.63) is 29.8 Å². The predicted octanol–water partition coefficient (Wildman–Crippen LogP) is 2.97. The first-order valence-corrected chi connectivity index (χ1v) is 8.89. The van der Waals surface area contributed by atoms with E-state index in [0.29, 0.717) is 16.7 Å². The molecule has 0 aliphatic carbocycles. The maximum Gasteiger partial charge on any atom is 0.170 e. The van der Waals surface area contributed by atoms with Gasteiger partial charge in [0.15, 0.2) is 5.11 Å². The van der Waals surface area contributed by atoms with Gasteiger partial charge in [0, 0.05) is 24.8 Å². The van der Waals surface area contributed by atoms with Crippen LogP contribution in [0, 0.1) is 23.2 Å². The highest BCUT2D eigenvalue weighted by molar-refractivity contribution is 7.80. The molecule has 0 amide bonds. The highest BCUT2D eigenvalue weighted by atomic mass is 32.1. The summed E-state index contributed by atoms with van der Waals surface area (Å²) >= 11 is 5.39. The molecule has 1 aromatic carbocycles. The van der Waals surface area contributed by atoms with Crippen LogP contribution in [0.25, 0.3) is 0 Å². The highest BCUT2D eigenvalue weighted by Gasteiger charge is 2.38. The van der Waals surface area contributed by atoms with Crippen LogP contribution in [-0.2, 0) is 0 Å². The molecule has 1 unspecified atom stereocenters. The minimum atomic E-state index is 0.609. The molecule has 23 heavy (non-hydrogen) atoms. The topological polar surface area (TPSA) is 51.1 Å². The summed E-state index contributed by atoms with van der Waals surface area (Å²) in [5, 5.41) is 16.0. The fraction of sp³-hybridized carbons (Fsp3) is 0.556. The molecule has 3 aliphatic heterocycles. The Morgan fingerprint density at radius 2 is 2.17 bits per heavy atom. The molecule has 122 valence electrons. The van der Waals surface area contributed by atoms with Gasteiger partial charge in [-0.1, -0.05) is 13.3 Å². The Bertz CT molecular complexity index is 592. The van der Waals surface area contributed by atoms with Crippen molar-refractivity contribution in [3.8, 4) is 6.07 Å². The summed E-state index contributed by atoms with van der Waals surface area (Å²) in [6.07, 6.45) is 3.97. The number of thiocarbonyl (C=S) groups is 1. The number of hydrogen-bond acceptors (Lipinski definition) is 3. The Morgan fingerprint density at radius 3 is 2.78 bits per heavy atom. The number of benzene rings is 1. The zero-order chi connectivity index (χ0) is 16.2. The minimum Gasteiger partial charge on any atom is -0.361 e. The molecule has 2 N–H and O–H groups in total. The summed E-state index contributed by atoms with van der Waals surface area (Å²) in [6.45, 7) is 5.72. The van der Waals surface area contributed by atoms with Crippen molar-refractivity contribution < 1.29 is 0 Å². The first-order valence-electron chi connectivity index (χ1n) is 8.48. The molecular formula is C18H24N4S. The molecule has 0 saturated carbocycles. The van der Waals surface area contributed by atoms with Gasteiger partial charge in [-0.05, 0) is 67.7 Å². The molecule has 3 aliphatic rings. The normalized spacial score (nSPS) is 28.9. The van der Waals surface area contributed by atoms with Crippen LogP contribution in [0.4, 0.5) is 5.69 Å². The molecule has 3 heterocycles. The number of anilines is 1. The van der Waals surface area contributed by atoms with Gasteiger partial charge < -0.3 is 10.6 Å². The van der Waals surface area contributed by atoms with Crippen LogP contribution in [0.15, 0.2) is 24.3 Å². The number of nitrogens with zero attached hydrogens (tertiary/aromatic N) is 2. The number of rotatable bonds is 4. The van der Waals surface area contributed by atoms with Gasteiger partial charge in [0.1, 0.15) is 0 Å². The van der Waals surface area contributed by atoms with Gasteiger partial charge >= 0.3 is 0 Å². The monoisotopic (exact) mass is 328 g/mol. The van der Waals surface area contributed by atoms with E-state index in [-0.39, 0.29) is 0 Å². The molecule has 4 rings (SSSR count). The van der Waals surface area contributed by atoms with Crippen LogP contribution in [-0.4, -0.2) is 35.7 Å². The lowest BCUT2D eigenvalue weighted by Crippen LogP contribution is -2.56. The number of hydrogen-bond donors (Lipinski definition) is 2. The Labute approximate surface area is 143 Å². The zero-order valence-corrected chi connectivity index (χ0v) is 14.4. The Balaban J connectivity index is 1.47. The predicted molar refractivity (Wildman–Crippen MR) is 97.2 cm³/mol. The van der Waals surface area contributed by atoms with Crippen LogP contribution < -0.4 is 10.6 Å². The molecular weight excluding hydrogens is 304 g/mol. The van der Waals surface area contributed by atoms with Gasteiger partial charge in [-0.15, -0.1) is 0 Å². The SMILES string of the molecule is CC[C@H]1CN2CC[C@H]1C[C@@H]2CNC(=S)Nc1ccc(C#N)cc1. The molecule has 4 atom stereocenters. The van der Waals surface area contributed by atoms with E-state index in [4.69, 9.17) is 17.5 Å². The zero-order valence-electron chi connectivity index (χ0n) is 13.6. The van der Waals surface area contributed by atoms with Gasteiger partial charge in [0.05, 0.1) is 11.6 Å². The lowest BCUT2D eigenvalue weighted by molar-refractivity contribution is 0.00212. The number of nitrogens with one attached hydrogen (secondary N) is 2. The molecule has 5 heteroatoms. The van der Waals surface area contributed by atoms with Crippen molar-refractivity contribution in [2.24, 2.45) is 11.8 Å². The fourth-order valence-corrected chi connectivity index (χ4v) is 4.14. The maximum atomic E-state index is 8.81. The van der Waals surface area contributed by atoms with Crippen LogP contribution in [0.1, 0.15) is 31.7 Å². The van der Waals surface area contributed by atoms with Crippen molar-refractivity contribution in [1.29, 1.82) is 5.26 Å². The molecule has 4 nitrogen and oxygen atoms in total. The number of piperidine rings is 3. The van der Waals surface area contributed by atoms with Gasteiger partial charge in [-0.3, -0.25) is 4.90 Å². The molecule has 0 radical (unpaired) electrons. The summed E-state index contributed by atoms with van der Waals surface area (Å²) in [6, 6.07) is 10.1. The van der Waals surface area contributed by atoms with Gasteiger partial charge in [0.25, 0.3) is 0 Å². The largest absolute Gasteiger partial charge is 0.361 e. The summed E-state index contributed by atoms with van der Waals surface area (Å²) in [7, 11) is 0. The lowest BCUT2D eigenvalue weighted by Gasteiger charge is -2.50. The first-order chi connectivity index (χ1) is 11.2. The standard InChI is InChI=1S/C18H24N4S/c1-2-14-12-22-8-7-15(14)9-17(22)11-20-18(23)21-16-5-3-13(10-19)4-6-16/h3-6,14-15,17H,2,7-9,11-12H2,1H3,(H2,20,21,23)/t14-,15-,17+/m0/s1. The van der Waals surface area contributed by atoms with Gasteiger partial charge in [-0.2, -0.15) is 5.26 Å². The van der Waals surface area contributed by atoms with Crippen molar-refractivity contribution in [2.75, 3.05) is 25.0 Å². The van der Waals surface area contributed by atoms with E-state index in [0.717, 1.165) is 24.1 Å². The molecule has 3 fully saturated rings. The average molecular weight is 328 g/mol. The fourth-order valence-electron chi connectivity index (χ4n) is 3.94. The highest BCUT2D eigenvalue weighted by Crippen LogP contribution is 2.37. The third-order valence-corrected chi connectivity index (χ3v) is 5.55. The van der Waals surface area contributed by atoms with E-state index >= 15 is 0 Å². The van der Waals surface area contributed by atoms with Crippen LogP contribution >= 0.6 is 12.2 Å². The van der Waals surface area contributed by atoms with E-state index in [2.05, 4.69) is 28.5 Å². The summed E-state index contributed by atoms with van der Waals surface area (Å²) in [5.74, 6) is 1.79. The Morgan fingerprint density at radius 1 is 1.39 bits per heavy atom. The summed E-state index contributed by atoms with van der Waals surface area (Å²) in [5.41, 5.74) is 1.57. The van der Waals surface area contributed by atoms with Gasteiger partial charge in [-0.25, -0.2) is 0 Å². The Kier molecular flexibility index (Phi) is 5.14. The van der Waals surface area contributed by atoms with Crippen LogP contribution in [0.3, 0.4) is 0 Å². The number of nitriles is 1. The second kappa shape index (κ2) is 7.29. The quantitative estimate of drug-likeness (QED) is 0.832. The van der Waals surface area contributed by atoms with E-state index in [9.17, 15) is 0 Å². The van der Waals surface area contributed by atoms with E-state index in [1.54, 1.807) is 12.1 Å². The van der Waals surface area contributed by atoms with Crippen LogP contribution in [0.5, 0.6) is 0 Å². The van der Waals surface area contributed by atoms with Gasteiger partial charge in [0.2, 0.25) is 0 Å². The average Bonchev–Trinajstić information content (AvgIpc) is 2.61. The molecule has 2 bridgehead atoms. The molecule has 0 spiro atoms. The second-order valence-corrected chi connectivity index (χ2v) is 7.03. The summed E-state index contributed by atoms with van der Waals surface area (Å²) in [4.78, 5) is 2.63. The van der Waals surface area contributed by atoms with E-state index in [1.165, 1.54) is 32.4 Å². The Hall–Kier alpha value is -1.64.